The molecule has 0 atom stereocenters. The first-order valence-electron chi connectivity index (χ1n) is 6.92. The molecule has 1 aromatic heterocycles. The molecule has 1 aliphatic rings. The summed E-state index contributed by atoms with van der Waals surface area (Å²) in [6, 6.07) is 4.58. The number of benzene rings is 1. The molecule has 1 aliphatic heterocycles. The zero-order valence-corrected chi connectivity index (χ0v) is 12.7. The molecule has 3 rings (SSSR count). The van der Waals surface area contributed by atoms with Crippen LogP contribution in [0.15, 0.2) is 24.4 Å². The zero-order valence-electron chi connectivity index (χ0n) is 12.7. The fourth-order valence-electron chi connectivity index (χ4n) is 2.38. The van der Waals surface area contributed by atoms with Crippen LogP contribution in [-0.2, 0) is 15.6 Å². The van der Waals surface area contributed by atoms with Crippen molar-refractivity contribution in [3.8, 4) is 0 Å². The number of fused-ring (bicyclic) bond motifs is 1. The number of halogens is 3. The van der Waals surface area contributed by atoms with E-state index in [9.17, 15) is 13.2 Å². The molecule has 0 saturated carbocycles. The monoisotopic (exact) mass is 312 g/mol. The number of alkyl halides is 3. The van der Waals surface area contributed by atoms with E-state index >= 15 is 0 Å². The van der Waals surface area contributed by atoms with Gasteiger partial charge in [0.05, 0.1) is 22.9 Å². The minimum atomic E-state index is -4.53. The molecule has 0 spiro atoms. The third kappa shape index (κ3) is 2.30. The van der Waals surface area contributed by atoms with E-state index in [0.717, 1.165) is 0 Å². The summed E-state index contributed by atoms with van der Waals surface area (Å²) < 4.78 is 50.3. The van der Waals surface area contributed by atoms with Crippen molar-refractivity contribution in [2.75, 3.05) is 0 Å². The second-order valence-corrected chi connectivity index (χ2v) is 6.43. The first kappa shape index (κ1) is 15.4. The quantitative estimate of drug-likeness (QED) is 0.760. The van der Waals surface area contributed by atoms with Gasteiger partial charge >= 0.3 is 13.4 Å². The van der Waals surface area contributed by atoms with Crippen LogP contribution in [0.2, 0.25) is 0 Å². The van der Waals surface area contributed by atoms with Gasteiger partial charge in [0, 0.05) is 5.39 Å². The molecule has 0 aliphatic carbocycles. The molecule has 1 saturated heterocycles. The molecular formula is C14H16BF3N2O2. The van der Waals surface area contributed by atoms with Gasteiger partial charge in [0.25, 0.3) is 0 Å². The van der Waals surface area contributed by atoms with Gasteiger partial charge < -0.3 is 9.31 Å². The van der Waals surface area contributed by atoms with E-state index in [1.165, 1.54) is 12.3 Å². The highest BCUT2D eigenvalue weighted by Gasteiger charge is 2.51. The SMILES string of the molecule is CC1(C)OB(c2ccc3c(cnn3C(F)(F)F)c2)OC1(C)C. The molecule has 22 heavy (non-hydrogen) atoms. The Morgan fingerprint density at radius 3 is 2.23 bits per heavy atom. The van der Waals surface area contributed by atoms with Gasteiger partial charge in [-0.15, -0.1) is 13.2 Å². The highest BCUT2D eigenvalue weighted by molar-refractivity contribution is 6.62. The van der Waals surface area contributed by atoms with Crippen LogP contribution in [0.4, 0.5) is 13.2 Å². The molecule has 2 heterocycles. The minimum absolute atomic E-state index is 0.00719. The van der Waals surface area contributed by atoms with E-state index in [-0.39, 0.29) is 10.2 Å². The summed E-state index contributed by atoms with van der Waals surface area (Å²) in [5, 5.41) is 3.79. The summed E-state index contributed by atoms with van der Waals surface area (Å²) >= 11 is 0. The van der Waals surface area contributed by atoms with E-state index in [0.29, 0.717) is 10.8 Å². The Morgan fingerprint density at radius 2 is 1.68 bits per heavy atom. The summed E-state index contributed by atoms with van der Waals surface area (Å²) in [4.78, 5) is 0. The van der Waals surface area contributed by atoms with Gasteiger partial charge in [-0.2, -0.15) is 9.78 Å². The predicted molar refractivity (Wildman–Crippen MR) is 76.7 cm³/mol. The number of hydrogen-bond donors (Lipinski definition) is 0. The van der Waals surface area contributed by atoms with Crippen LogP contribution in [0.3, 0.4) is 0 Å². The first-order chi connectivity index (χ1) is 10.0. The molecule has 1 fully saturated rings. The molecule has 0 unspecified atom stereocenters. The van der Waals surface area contributed by atoms with Crippen LogP contribution in [0.1, 0.15) is 27.7 Å². The molecule has 0 radical (unpaired) electrons. The van der Waals surface area contributed by atoms with Crippen LogP contribution in [0, 0.1) is 0 Å². The second kappa shape index (κ2) is 4.49. The van der Waals surface area contributed by atoms with Crippen molar-refractivity contribution in [3.05, 3.63) is 24.4 Å². The Labute approximate surface area is 126 Å². The Morgan fingerprint density at radius 1 is 1.09 bits per heavy atom. The average molecular weight is 312 g/mol. The lowest BCUT2D eigenvalue weighted by atomic mass is 9.79. The molecule has 0 N–H and O–H groups in total. The smallest absolute Gasteiger partial charge is 0.399 e. The molecular weight excluding hydrogens is 296 g/mol. The van der Waals surface area contributed by atoms with E-state index < -0.39 is 24.6 Å². The number of aromatic nitrogens is 2. The van der Waals surface area contributed by atoms with Crippen LogP contribution in [0.25, 0.3) is 10.9 Å². The summed E-state index contributed by atoms with van der Waals surface area (Å²) in [6.45, 7) is 7.70. The fraction of sp³-hybridized carbons (Fsp3) is 0.500. The van der Waals surface area contributed by atoms with Crippen LogP contribution >= 0.6 is 0 Å². The van der Waals surface area contributed by atoms with Crippen molar-refractivity contribution >= 4 is 23.5 Å². The number of rotatable bonds is 1. The fourth-order valence-corrected chi connectivity index (χ4v) is 2.38. The van der Waals surface area contributed by atoms with Gasteiger partial charge in [-0.25, -0.2) is 0 Å². The van der Waals surface area contributed by atoms with Crippen LogP contribution < -0.4 is 5.46 Å². The van der Waals surface area contributed by atoms with Crippen LogP contribution in [-0.4, -0.2) is 28.1 Å². The van der Waals surface area contributed by atoms with Crippen molar-refractivity contribution in [1.29, 1.82) is 0 Å². The third-order valence-electron chi connectivity index (χ3n) is 4.36. The molecule has 8 heteroatoms. The van der Waals surface area contributed by atoms with Gasteiger partial charge in [0.2, 0.25) is 0 Å². The standard InChI is InChI=1S/C14H16BF3N2O2/c1-12(2)13(3,4)22-15(21-12)10-5-6-11-9(7-10)8-19-20(11)14(16,17)18/h5-8H,1-4H3. The van der Waals surface area contributed by atoms with Gasteiger partial charge in [0.15, 0.2) is 0 Å². The van der Waals surface area contributed by atoms with Crippen molar-refractivity contribution < 1.29 is 22.5 Å². The maximum Gasteiger partial charge on any atom is 0.505 e. The first-order valence-corrected chi connectivity index (χ1v) is 6.92. The van der Waals surface area contributed by atoms with Gasteiger partial charge in [0.1, 0.15) is 0 Å². The van der Waals surface area contributed by atoms with Crippen molar-refractivity contribution in [2.45, 2.75) is 45.2 Å². The predicted octanol–water partition coefficient (Wildman–Crippen LogP) is 2.81. The summed E-state index contributed by atoms with van der Waals surface area (Å²) in [5.74, 6) is 0. The summed E-state index contributed by atoms with van der Waals surface area (Å²) in [6.07, 6.45) is -3.34. The Bertz CT molecular complexity index is 708. The van der Waals surface area contributed by atoms with Crippen molar-refractivity contribution in [2.24, 2.45) is 0 Å². The second-order valence-electron chi connectivity index (χ2n) is 6.43. The highest BCUT2D eigenvalue weighted by Crippen LogP contribution is 2.36. The lowest BCUT2D eigenvalue weighted by Crippen LogP contribution is -2.41. The molecule has 1 aromatic carbocycles. The van der Waals surface area contributed by atoms with Gasteiger partial charge in [-0.1, -0.05) is 12.1 Å². The maximum absolute atomic E-state index is 12.8. The minimum Gasteiger partial charge on any atom is -0.399 e. The van der Waals surface area contributed by atoms with Gasteiger partial charge in [-0.05, 0) is 39.2 Å². The van der Waals surface area contributed by atoms with Crippen LogP contribution in [0.5, 0.6) is 0 Å². The van der Waals surface area contributed by atoms with E-state index in [1.54, 1.807) is 12.1 Å². The third-order valence-corrected chi connectivity index (χ3v) is 4.36. The molecule has 4 nitrogen and oxygen atoms in total. The molecule has 0 bridgehead atoms. The summed E-state index contributed by atoms with van der Waals surface area (Å²) in [7, 11) is -0.608. The zero-order chi connectivity index (χ0) is 16.3. The lowest BCUT2D eigenvalue weighted by molar-refractivity contribution is -0.209. The average Bonchev–Trinajstić information content (AvgIpc) is 2.87. The van der Waals surface area contributed by atoms with E-state index in [2.05, 4.69) is 5.10 Å². The normalized spacial score (nSPS) is 20.8. The molecule has 118 valence electrons. The van der Waals surface area contributed by atoms with Crippen molar-refractivity contribution in [1.82, 2.24) is 9.78 Å². The number of hydrogen-bond acceptors (Lipinski definition) is 3. The Kier molecular flexibility index (Phi) is 3.13. The van der Waals surface area contributed by atoms with Crippen molar-refractivity contribution in [3.63, 3.8) is 0 Å². The van der Waals surface area contributed by atoms with E-state index in [1.807, 2.05) is 27.7 Å². The van der Waals surface area contributed by atoms with Gasteiger partial charge in [-0.3, -0.25) is 0 Å². The Balaban J connectivity index is 1.98. The lowest BCUT2D eigenvalue weighted by Gasteiger charge is -2.32. The highest BCUT2D eigenvalue weighted by atomic mass is 19.4. The summed E-state index contributed by atoms with van der Waals surface area (Å²) in [5.41, 5.74) is -0.313. The maximum atomic E-state index is 12.8. The number of nitrogens with zero attached hydrogens (tertiary/aromatic N) is 2. The molecule has 0 amide bonds. The molecule has 2 aromatic rings. The topological polar surface area (TPSA) is 36.3 Å². The Hall–Kier alpha value is -1.54. The largest absolute Gasteiger partial charge is 0.505 e. The van der Waals surface area contributed by atoms with E-state index in [4.69, 9.17) is 9.31 Å².